The molecule has 3 unspecified atom stereocenters. The van der Waals surface area contributed by atoms with Crippen molar-refractivity contribution >= 4 is 5.97 Å². The van der Waals surface area contributed by atoms with Gasteiger partial charge >= 0.3 is 5.97 Å². The first-order chi connectivity index (χ1) is 13.2. The first-order valence-electron chi connectivity index (χ1n) is 12.1. The van der Waals surface area contributed by atoms with E-state index >= 15 is 0 Å². The Morgan fingerprint density at radius 1 is 1.21 bits per heavy atom. The second kappa shape index (κ2) is 9.35. The van der Waals surface area contributed by atoms with E-state index in [4.69, 9.17) is 4.74 Å². The molecule has 0 bridgehead atoms. The fourth-order valence-corrected chi connectivity index (χ4v) is 6.07. The van der Waals surface area contributed by atoms with E-state index in [9.17, 15) is 4.79 Å². The first kappa shape index (κ1) is 23.5. The average Bonchev–Trinajstić information content (AvgIpc) is 3.22. The molecule has 2 aliphatic carbocycles. The second-order valence-corrected chi connectivity index (χ2v) is 10.8. The van der Waals surface area contributed by atoms with Crippen LogP contribution in [0, 0.1) is 28.6 Å². The van der Waals surface area contributed by atoms with Gasteiger partial charge in [0.05, 0.1) is 5.41 Å². The van der Waals surface area contributed by atoms with Crippen LogP contribution in [0.15, 0.2) is 12.7 Å². The summed E-state index contributed by atoms with van der Waals surface area (Å²) in [7, 11) is 0. The van der Waals surface area contributed by atoms with Gasteiger partial charge in [0.2, 0.25) is 0 Å². The summed E-state index contributed by atoms with van der Waals surface area (Å²) in [6.07, 6.45) is 14.7. The van der Waals surface area contributed by atoms with Gasteiger partial charge in [-0.15, -0.1) is 0 Å². The van der Waals surface area contributed by atoms with Gasteiger partial charge in [0.25, 0.3) is 0 Å². The molecule has 162 valence electrons. The summed E-state index contributed by atoms with van der Waals surface area (Å²) in [6.45, 7) is 17.7. The topological polar surface area (TPSA) is 26.3 Å². The van der Waals surface area contributed by atoms with Crippen molar-refractivity contribution in [2.75, 3.05) is 0 Å². The number of hydrogen-bond acceptors (Lipinski definition) is 2. The Balaban J connectivity index is 2.35. The first-order valence-corrected chi connectivity index (χ1v) is 12.1. The summed E-state index contributed by atoms with van der Waals surface area (Å²) < 4.78 is 6.68. The fraction of sp³-hybridized carbons (Fsp3) is 0.885. The van der Waals surface area contributed by atoms with Crippen LogP contribution in [0.5, 0.6) is 0 Å². The summed E-state index contributed by atoms with van der Waals surface area (Å²) in [5, 5.41) is 0. The van der Waals surface area contributed by atoms with Crippen molar-refractivity contribution in [3.63, 3.8) is 0 Å². The Morgan fingerprint density at radius 2 is 1.82 bits per heavy atom. The van der Waals surface area contributed by atoms with E-state index in [1.165, 1.54) is 44.9 Å². The summed E-state index contributed by atoms with van der Waals surface area (Å²) in [5.74, 6) is 1.38. The number of rotatable bonds is 11. The average molecular weight is 391 g/mol. The molecule has 2 rings (SSSR count). The molecule has 0 N–H and O–H groups in total. The maximum atomic E-state index is 13.7. The molecule has 0 spiro atoms. The number of ether oxygens (including phenoxy) is 1. The highest BCUT2D eigenvalue weighted by atomic mass is 16.6. The van der Waals surface area contributed by atoms with Crippen molar-refractivity contribution in [2.24, 2.45) is 28.6 Å². The van der Waals surface area contributed by atoms with Crippen LogP contribution in [0.1, 0.15) is 112 Å². The molecule has 2 saturated carbocycles. The Bertz CT molecular complexity index is 529. The molecule has 0 radical (unpaired) electrons. The minimum Gasteiger partial charge on any atom is -0.454 e. The van der Waals surface area contributed by atoms with Crippen LogP contribution in [0.3, 0.4) is 0 Å². The SMILES string of the molecule is C=CC(OC(=O)C1(CC(C)C)CC1(C)C)(C(CC)CCCC)C1CCCCC1. The second-order valence-electron chi connectivity index (χ2n) is 10.8. The maximum absolute atomic E-state index is 13.7. The van der Waals surface area contributed by atoms with Crippen molar-refractivity contribution in [3.8, 4) is 0 Å². The van der Waals surface area contributed by atoms with E-state index in [0.717, 1.165) is 25.7 Å². The van der Waals surface area contributed by atoms with Crippen molar-refractivity contribution in [1.29, 1.82) is 0 Å². The van der Waals surface area contributed by atoms with Gasteiger partial charge in [-0.25, -0.2) is 0 Å². The van der Waals surface area contributed by atoms with E-state index in [0.29, 0.717) is 17.8 Å². The van der Waals surface area contributed by atoms with Crippen LogP contribution in [0.2, 0.25) is 0 Å². The molecule has 3 atom stereocenters. The molecular weight excluding hydrogens is 344 g/mol. The molecule has 2 heteroatoms. The lowest BCUT2D eigenvalue weighted by Gasteiger charge is -2.46. The monoisotopic (exact) mass is 390 g/mol. The highest BCUT2D eigenvalue weighted by molar-refractivity contribution is 5.82. The van der Waals surface area contributed by atoms with Gasteiger partial charge in [0.15, 0.2) is 0 Å². The molecule has 0 aliphatic heterocycles. The minimum atomic E-state index is -0.482. The van der Waals surface area contributed by atoms with Gasteiger partial charge in [-0.1, -0.05) is 80.2 Å². The standard InChI is InChI=1S/C26H46O2/c1-8-11-15-21(9-2)26(10-3,22-16-13-12-14-17-22)28-23(27)25(18-20(4)5)19-24(25,6)7/h10,20-22H,3,8-9,11-19H2,1-2,4-7H3. The molecule has 0 aromatic heterocycles. The molecule has 0 heterocycles. The number of carbonyl (C=O) groups excluding carboxylic acids is 1. The van der Waals surface area contributed by atoms with Gasteiger partial charge in [-0.3, -0.25) is 4.79 Å². The van der Waals surface area contributed by atoms with Crippen molar-refractivity contribution in [2.45, 2.75) is 118 Å². The zero-order valence-corrected chi connectivity index (χ0v) is 19.6. The van der Waals surface area contributed by atoms with Crippen molar-refractivity contribution < 1.29 is 9.53 Å². The van der Waals surface area contributed by atoms with Gasteiger partial charge in [-0.05, 0) is 55.9 Å². The van der Waals surface area contributed by atoms with Crippen molar-refractivity contribution in [3.05, 3.63) is 12.7 Å². The van der Waals surface area contributed by atoms with Crippen LogP contribution < -0.4 is 0 Å². The maximum Gasteiger partial charge on any atom is 0.313 e. The lowest BCUT2D eigenvalue weighted by atomic mass is 9.68. The molecule has 0 saturated heterocycles. The smallest absolute Gasteiger partial charge is 0.313 e. The minimum absolute atomic E-state index is 0.0545. The molecule has 2 nitrogen and oxygen atoms in total. The number of esters is 1. The lowest BCUT2D eigenvalue weighted by molar-refractivity contribution is -0.178. The molecule has 0 amide bonds. The molecule has 0 aromatic carbocycles. The van der Waals surface area contributed by atoms with E-state index in [-0.39, 0.29) is 16.8 Å². The van der Waals surface area contributed by atoms with E-state index in [1.807, 2.05) is 6.08 Å². The Kier molecular flexibility index (Phi) is 7.84. The highest BCUT2D eigenvalue weighted by Crippen LogP contribution is 2.67. The van der Waals surface area contributed by atoms with Crippen LogP contribution in [0.4, 0.5) is 0 Å². The summed E-state index contributed by atoms with van der Waals surface area (Å²) in [5.41, 5.74) is -0.726. The van der Waals surface area contributed by atoms with Gasteiger partial charge < -0.3 is 4.74 Å². The number of hydrogen-bond donors (Lipinski definition) is 0. The number of unbranched alkanes of at least 4 members (excludes halogenated alkanes) is 1. The fourth-order valence-electron chi connectivity index (χ4n) is 6.07. The van der Waals surface area contributed by atoms with Crippen LogP contribution in [-0.2, 0) is 9.53 Å². The lowest BCUT2D eigenvalue weighted by Crippen LogP contribution is -2.49. The van der Waals surface area contributed by atoms with Gasteiger partial charge in [0, 0.05) is 11.8 Å². The Morgan fingerprint density at radius 3 is 2.25 bits per heavy atom. The molecular formula is C26H46O2. The van der Waals surface area contributed by atoms with Crippen LogP contribution >= 0.6 is 0 Å². The summed E-state index contributed by atoms with van der Waals surface area (Å²) in [4.78, 5) is 13.7. The van der Waals surface area contributed by atoms with Gasteiger partial charge in [-0.2, -0.15) is 0 Å². The highest BCUT2D eigenvalue weighted by Gasteiger charge is 2.68. The van der Waals surface area contributed by atoms with Crippen LogP contribution in [-0.4, -0.2) is 11.6 Å². The van der Waals surface area contributed by atoms with Crippen LogP contribution in [0.25, 0.3) is 0 Å². The van der Waals surface area contributed by atoms with E-state index in [2.05, 4.69) is 48.1 Å². The third kappa shape index (κ3) is 4.51. The quantitative estimate of drug-likeness (QED) is 0.267. The Labute approximate surface area is 174 Å². The molecule has 2 aliphatic rings. The summed E-state index contributed by atoms with van der Waals surface area (Å²) >= 11 is 0. The van der Waals surface area contributed by atoms with Gasteiger partial charge in [0.1, 0.15) is 5.60 Å². The molecule has 0 aromatic rings. The predicted molar refractivity (Wildman–Crippen MR) is 119 cm³/mol. The zero-order valence-electron chi connectivity index (χ0n) is 19.6. The molecule has 28 heavy (non-hydrogen) atoms. The Hall–Kier alpha value is -0.790. The normalized spacial score (nSPS) is 27.8. The third-order valence-electron chi connectivity index (χ3n) is 7.93. The predicted octanol–water partition coefficient (Wildman–Crippen LogP) is 7.71. The summed E-state index contributed by atoms with van der Waals surface area (Å²) in [6, 6.07) is 0. The zero-order chi connectivity index (χ0) is 21.0. The largest absolute Gasteiger partial charge is 0.454 e. The third-order valence-corrected chi connectivity index (χ3v) is 7.93. The number of carbonyl (C=O) groups is 1. The van der Waals surface area contributed by atoms with E-state index in [1.54, 1.807) is 0 Å². The van der Waals surface area contributed by atoms with Crippen molar-refractivity contribution in [1.82, 2.24) is 0 Å². The molecule has 2 fully saturated rings. The van der Waals surface area contributed by atoms with E-state index < -0.39 is 5.60 Å².